The van der Waals surface area contributed by atoms with Crippen molar-refractivity contribution in [2.24, 2.45) is 0 Å². The second-order valence-electron chi connectivity index (χ2n) is 2.69. The Balaban J connectivity index is 2.46. The summed E-state index contributed by atoms with van der Waals surface area (Å²) in [6.07, 6.45) is 2.94. The van der Waals surface area contributed by atoms with Crippen LogP contribution in [0.2, 0.25) is 0 Å². The first-order valence-electron chi connectivity index (χ1n) is 3.93. The number of aromatic nitrogens is 4. The molecule has 0 aliphatic heterocycles. The Morgan fingerprint density at radius 1 is 1.53 bits per heavy atom. The van der Waals surface area contributed by atoms with Crippen LogP contribution in [0.3, 0.4) is 0 Å². The quantitative estimate of drug-likeness (QED) is 0.857. The molecule has 2 aromatic rings. The normalized spacial score (nSPS) is 10.2. The number of aromatic amines is 1. The predicted octanol–water partition coefficient (Wildman–Crippen LogP) is 1.33. The average Bonchev–Trinajstić information content (AvgIpc) is 2.67. The third kappa shape index (κ3) is 1.86. The Hall–Kier alpha value is -1.76. The largest absolute Gasteiger partial charge is 0.477 e. The van der Waals surface area contributed by atoms with E-state index >= 15 is 0 Å². The molecule has 0 spiro atoms. The molecule has 0 aliphatic rings. The lowest BCUT2D eigenvalue weighted by Gasteiger charge is -1.96. The van der Waals surface area contributed by atoms with Crippen molar-refractivity contribution in [3.63, 3.8) is 0 Å². The number of halogens is 1. The first kappa shape index (κ1) is 9.78. The second-order valence-corrected chi connectivity index (χ2v) is 3.55. The van der Waals surface area contributed by atoms with E-state index in [0.29, 0.717) is 15.9 Å². The summed E-state index contributed by atoms with van der Waals surface area (Å²) in [7, 11) is 0. The lowest BCUT2D eigenvalue weighted by molar-refractivity contribution is 0.0690. The summed E-state index contributed by atoms with van der Waals surface area (Å²) in [5, 5.41) is 14.9. The van der Waals surface area contributed by atoms with Gasteiger partial charge in [0.2, 0.25) is 0 Å². The molecule has 0 saturated heterocycles. The molecule has 0 aliphatic carbocycles. The van der Waals surface area contributed by atoms with E-state index in [1.807, 2.05) is 0 Å². The number of nitrogens with one attached hydrogen (secondary N) is 1. The van der Waals surface area contributed by atoms with Gasteiger partial charge in [0.25, 0.3) is 0 Å². The maximum atomic E-state index is 10.6. The summed E-state index contributed by atoms with van der Waals surface area (Å²) in [6, 6.07) is 1.41. The second kappa shape index (κ2) is 3.77. The molecule has 2 rings (SSSR count). The van der Waals surface area contributed by atoms with Crippen molar-refractivity contribution in [3.05, 3.63) is 28.8 Å². The van der Waals surface area contributed by atoms with Gasteiger partial charge >= 0.3 is 5.97 Å². The van der Waals surface area contributed by atoms with Crippen LogP contribution in [-0.2, 0) is 0 Å². The molecular weight excluding hydrogens is 264 g/mol. The van der Waals surface area contributed by atoms with Crippen molar-refractivity contribution in [1.82, 2.24) is 20.2 Å². The molecule has 0 bridgehead atoms. The Kier molecular flexibility index (Phi) is 2.46. The average molecular weight is 269 g/mol. The minimum atomic E-state index is -1.06. The van der Waals surface area contributed by atoms with Crippen LogP contribution < -0.4 is 0 Å². The van der Waals surface area contributed by atoms with Crippen LogP contribution in [-0.4, -0.2) is 31.2 Å². The third-order valence-corrected chi connectivity index (χ3v) is 2.30. The van der Waals surface area contributed by atoms with Gasteiger partial charge in [-0.05, 0) is 15.9 Å². The van der Waals surface area contributed by atoms with Gasteiger partial charge < -0.3 is 5.11 Å². The minimum absolute atomic E-state index is 0.0236. The molecule has 2 aromatic heterocycles. The predicted molar refractivity (Wildman–Crippen MR) is 54.3 cm³/mol. The molecular formula is C8H5BrN4O2. The van der Waals surface area contributed by atoms with E-state index in [4.69, 9.17) is 5.11 Å². The molecule has 0 atom stereocenters. The van der Waals surface area contributed by atoms with Crippen molar-refractivity contribution in [3.8, 4) is 11.4 Å². The Morgan fingerprint density at radius 2 is 2.33 bits per heavy atom. The molecule has 0 amide bonds. The van der Waals surface area contributed by atoms with Crippen molar-refractivity contribution in [2.45, 2.75) is 0 Å². The number of H-pyrrole nitrogens is 1. The van der Waals surface area contributed by atoms with Gasteiger partial charge in [-0.2, -0.15) is 5.10 Å². The monoisotopic (exact) mass is 268 g/mol. The smallest absolute Gasteiger partial charge is 0.353 e. The number of nitrogens with zero attached hydrogens (tertiary/aromatic N) is 3. The number of carboxylic acid groups (broad SMARTS) is 1. The Bertz CT molecular complexity index is 511. The molecule has 6 nitrogen and oxygen atoms in total. The maximum absolute atomic E-state index is 10.6. The fraction of sp³-hybridized carbons (Fsp3) is 0. The summed E-state index contributed by atoms with van der Waals surface area (Å²) >= 11 is 3.25. The summed E-state index contributed by atoms with van der Waals surface area (Å²) in [5.41, 5.74) is 1.03. The van der Waals surface area contributed by atoms with E-state index in [0.717, 1.165) is 0 Å². The number of carboxylic acids is 1. The zero-order chi connectivity index (χ0) is 10.8. The van der Waals surface area contributed by atoms with Crippen LogP contribution in [0.5, 0.6) is 0 Å². The molecule has 0 saturated carbocycles. The first-order valence-corrected chi connectivity index (χ1v) is 4.72. The van der Waals surface area contributed by atoms with E-state index in [-0.39, 0.29) is 5.69 Å². The van der Waals surface area contributed by atoms with E-state index < -0.39 is 5.97 Å². The number of aromatic carboxylic acids is 1. The van der Waals surface area contributed by atoms with Crippen molar-refractivity contribution < 1.29 is 9.90 Å². The third-order valence-electron chi connectivity index (χ3n) is 1.72. The molecule has 0 fully saturated rings. The summed E-state index contributed by atoms with van der Waals surface area (Å²) in [6.45, 7) is 0. The number of carbonyl (C=O) groups is 1. The maximum Gasteiger partial charge on any atom is 0.353 e. The molecule has 2 heterocycles. The van der Waals surface area contributed by atoms with Gasteiger partial charge in [0.15, 0.2) is 0 Å². The standard InChI is InChI=1S/C8H5BrN4O2/c9-4-2-10-3-11-7(4)5-1-6(8(14)15)13-12-5/h1-3H,(H,12,13)(H,14,15). The topological polar surface area (TPSA) is 91.8 Å². The number of hydrogen-bond donors (Lipinski definition) is 2. The van der Waals surface area contributed by atoms with Gasteiger partial charge in [0.1, 0.15) is 23.4 Å². The van der Waals surface area contributed by atoms with Crippen LogP contribution in [0.1, 0.15) is 10.5 Å². The van der Waals surface area contributed by atoms with Gasteiger partial charge in [-0.1, -0.05) is 0 Å². The molecule has 15 heavy (non-hydrogen) atoms. The van der Waals surface area contributed by atoms with Crippen LogP contribution >= 0.6 is 15.9 Å². The first-order chi connectivity index (χ1) is 7.18. The number of hydrogen-bond acceptors (Lipinski definition) is 4. The van der Waals surface area contributed by atoms with E-state index in [1.54, 1.807) is 6.20 Å². The van der Waals surface area contributed by atoms with Gasteiger partial charge in [0.05, 0.1) is 4.47 Å². The molecule has 2 N–H and O–H groups in total. The molecule has 76 valence electrons. The Labute approximate surface area is 92.5 Å². The van der Waals surface area contributed by atoms with Crippen molar-refractivity contribution >= 4 is 21.9 Å². The van der Waals surface area contributed by atoms with Gasteiger partial charge in [-0.15, -0.1) is 0 Å². The van der Waals surface area contributed by atoms with Crippen molar-refractivity contribution in [2.75, 3.05) is 0 Å². The van der Waals surface area contributed by atoms with Gasteiger partial charge in [0, 0.05) is 12.3 Å². The molecule has 0 unspecified atom stereocenters. The van der Waals surface area contributed by atoms with E-state index in [2.05, 4.69) is 36.1 Å². The highest BCUT2D eigenvalue weighted by atomic mass is 79.9. The highest BCUT2D eigenvalue weighted by Crippen LogP contribution is 2.23. The fourth-order valence-corrected chi connectivity index (χ4v) is 1.48. The van der Waals surface area contributed by atoms with E-state index in [9.17, 15) is 4.79 Å². The highest BCUT2D eigenvalue weighted by Gasteiger charge is 2.12. The van der Waals surface area contributed by atoms with E-state index in [1.165, 1.54) is 12.4 Å². The van der Waals surface area contributed by atoms with Crippen molar-refractivity contribution in [1.29, 1.82) is 0 Å². The van der Waals surface area contributed by atoms with Gasteiger partial charge in [-0.3, -0.25) is 5.10 Å². The van der Waals surface area contributed by atoms with Crippen LogP contribution in [0.25, 0.3) is 11.4 Å². The molecule has 7 heteroatoms. The minimum Gasteiger partial charge on any atom is -0.477 e. The lowest BCUT2D eigenvalue weighted by atomic mass is 10.3. The summed E-state index contributed by atoms with van der Waals surface area (Å²) < 4.78 is 0.661. The molecule has 0 radical (unpaired) electrons. The van der Waals surface area contributed by atoms with Gasteiger partial charge in [-0.25, -0.2) is 14.8 Å². The highest BCUT2D eigenvalue weighted by molar-refractivity contribution is 9.10. The zero-order valence-electron chi connectivity index (χ0n) is 7.31. The SMILES string of the molecule is O=C(O)c1cc(-c2ncncc2Br)n[nH]1. The van der Waals surface area contributed by atoms with Crippen LogP contribution in [0, 0.1) is 0 Å². The van der Waals surface area contributed by atoms with Crippen LogP contribution in [0.15, 0.2) is 23.1 Å². The molecule has 0 aromatic carbocycles. The summed E-state index contributed by atoms with van der Waals surface area (Å²) in [5.74, 6) is -1.06. The Morgan fingerprint density at radius 3 is 2.93 bits per heavy atom. The van der Waals surface area contributed by atoms with Crippen LogP contribution in [0.4, 0.5) is 0 Å². The zero-order valence-corrected chi connectivity index (χ0v) is 8.89. The number of rotatable bonds is 2. The lowest BCUT2D eigenvalue weighted by Crippen LogP contribution is -1.95. The summed E-state index contributed by atoms with van der Waals surface area (Å²) in [4.78, 5) is 18.4. The fourth-order valence-electron chi connectivity index (χ4n) is 1.05.